The van der Waals surface area contributed by atoms with Crippen LogP contribution >= 0.6 is 11.3 Å². The molecule has 2 aromatic carbocycles. The number of carbonyl (C=O) groups is 2. The summed E-state index contributed by atoms with van der Waals surface area (Å²) in [5, 5.41) is 6.01. The van der Waals surface area contributed by atoms with Crippen LogP contribution < -0.4 is 10.1 Å². The number of nitrogens with one attached hydrogen (secondary N) is 1. The van der Waals surface area contributed by atoms with Gasteiger partial charge in [-0.3, -0.25) is 10.1 Å². The summed E-state index contributed by atoms with van der Waals surface area (Å²) in [6.07, 6.45) is -0.637. The van der Waals surface area contributed by atoms with Crippen LogP contribution in [0.2, 0.25) is 0 Å². The van der Waals surface area contributed by atoms with Crippen LogP contribution in [0.3, 0.4) is 0 Å². The molecule has 0 saturated heterocycles. The van der Waals surface area contributed by atoms with Crippen molar-refractivity contribution in [2.45, 2.75) is 4.90 Å². The van der Waals surface area contributed by atoms with Gasteiger partial charge in [0, 0.05) is 0 Å². The van der Waals surface area contributed by atoms with E-state index >= 15 is 0 Å². The summed E-state index contributed by atoms with van der Waals surface area (Å²) >= 11 is 1.19. The Labute approximate surface area is 169 Å². The topological polar surface area (TPSA) is 136 Å². The second-order valence-electron chi connectivity index (χ2n) is 5.42. The number of nitrogens with zero attached hydrogens (tertiary/aromatic N) is 3. The van der Waals surface area contributed by atoms with Crippen molar-refractivity contribution in [3.8, 4) is 5.75 Å². The molecule has 0 unspecified atom stereocenters. The molecule has 0 radical (unpaired) electrons. The highest BCUT2D eigenvalue weighted by Gasteiger charge is 2.13. The lowest BCUT2D eigenvalue weighted by atomic mass is 10.3. The molecule has 12 heteroatoms. The summed E-state index contributed by atoms with van der Waals surface area (Å²) in [6, 6.07) is 12.3. The molecule has 3 aromatic rings. The maximum atomic E-state index is 12.0. The number of carbonyl (C=O) groups excluding carboxylic acids is 2. The largest absolute Gasteiger partial charge is 0.484 e. The zero-order chi connectivity index (χ0) is 20.9. The molecule has 2 amide bonds. The second-order valence-corrected chi connectivity index (χ2v) is 8.03. The van der Waals surface area contributed by atoms with E-state index in [1.54, 1.807) is 24.3 Å². The van der Waals surface area contributed by atoms with E-state index < -0.39 is 28.6 Å². The normalized spacial score (nSPS) is 11.5. The fourth-order valence-electron chi connectivity index (χ4n) is 2.10. The minimum absolute atomic E-state index is 0.0653. The molecule has 0 fully saturated rings. The minimum Gasteiger partial charge on any atom is -0.484 e. The highest BCUT2D eigenvalue weighted by Crippen LogP contribution is 2.29. The Balaban J connectivity index is 1.62. The van der Waals surface area contributed by atoms with E-state index in [-0.39, 0.29) is 4.90 Å². The fraction of sp³-hybridized carbons (Fsp3) is 0.118. The van der Waals surface area contributed by atoms with Gasteiger partial charge in [-0.1, -0.05) is 39.2 Å². The Morgan fingerprint density at radius 2 is 1.93 bits per heavy atom. The van der Waals surface area contributed by atoms with E-state index in [9.17, 15) is 18.0 Å². The molecular formula is C17H14N4O6S2. The number of rotatable bonds is 6. The summed E-state index contributed by atoms with van der Waals surface area (Å²) in [5.74, 6) is -0.512. The molecule has 0 aliphatic carbocycles. The summed E-state index contributed by atoms with van der Waals surface area (Å²) in [7, 11) is -2.80. The molecular weight excluding hydrogens is 420 g/mol. The number of benzene rings is 2. The monoisotopic (exact) mass is 434 g/mol. The Bertz CT molecular complexity index is 1180. The third kappa shape index (κ3) is 5.33. The number of hydrogen-bond acceptors (Lipinski definition) is 8. The molecule has 10 nitrogen and oxygen atoms in total. The molecule has 1 aromatic heterocycles. The van der Waals surface area contributed by atoms with Crippen LogP contribution in [0.5, 0.6) is 5.75 Å². The quantitative estimate of drug-likeness (QED) is 0.588. The van der Waals surface area contributed by atoms with Gasteiger partial charge in [0.15, 0.2) is 11.7 Å². The van der Waals surface area contributed by atoms with Crippen molar-refractivity contribution in [1.82, 2.24) is 4.98 Å². The Hall–Kier alpha value is -3.38. The number of ether oxygens (including phenoxy) is 2. The molecule has 0 aliphatic heterocycles. The average Bonchev–Trinajstić information content (AvgIpc) is 3.12. The van der Waals surface area contributed by atoms with Crippen molar-refractivity contribution in [2.24, 2.45) is 9.63 Å². The summed E-state index contributed by atoms with van der Waals surface area (Å²) in [5.41, 5.74) is 0.619. The number of thiazole rings is 1. The highest BCUT2D eigenvalue weighted by molar-refractivity contribution is 7.90. The first kappa shape index (κ1) is 20.4. The van der Waals surface area contributed by atoms with Crippen molar-refractivity contribution in [3.63, 3.8) is 0 Å². The van der Waals surface area contributed by atoms with Gasteiger partial charge >= 0.3 is 12.0 Å². The Morgan fingerprint density at radius 3 is 2.66 bits per heavy atom. The van der Waals surface area contributed by atoms with Crippen molar-refractivity contribution in [3.05, 3.63) is 48.5 Å². The van der Waals surface area contributed by atoms with Crippen LogP contribution in [0, 0.1) is 0 Å². The van der Waals surface area contributed by atoms with E-state index in [0.717, 1.165) is 0 Å². The van der Waals surface area contributed by atoms with Crippen molar-refractivity contribution >= 4 is 48.7 Å². The smallest absolute Gasteiger partial charge is 0.413 e. The van der Waals surface area contributed by atoms with E-state index in [1.165, 1.54) is 42.7 Å². The zero-order valence-electron chi connectivity index (χ0n) is 14.9. The van der Waals surface area contributed by atoms with Gasteiger partial charge in [0.2, 0.25) is 0 Å². The van der Waals surface area contributed by atoms with Gasteiger partial charge in [-0.2, -0.15) is 8.42 Å². The van der Waals surface area contributed by atoms with Crippen molar-refractivity contribution < 1.29 is 27.5 Å². The number of anilines is 1. The van der Waals surface area contributed by atoms with Gasteiger partial charge in [-0.15, -0.1) is 0 Å². The molecule has 1 N–H and O–H groups in total. The summed E-state index contributed by atoms with van der Waals surface area (Å²) in [6.45, 7) is -0.495. The third-order valence-corrected chi connectivity index (χ3v) is 5.52. The molecule has 150 valence electrons. The molecule has 0 spiro atoms. The van der Waals surface area contributed by atoms with Crippen molar-refractivity contribution in [1.29, 1.82) is 0 Å². The van der Waals surface area contributed by atoms with Crippen LogP contribution in [-0.4, -0.2) is 39.1 Å². The number of sulfonamides is 1. The van der Waals surface area contributed by atoms with Crippen molar-refractivity contribution in [2.75, 3.05) is 19.0 Å². The van der Waals surface area contributed by atoms with E-state index in [4.69, 9.17) is 4.74 Å². The maximum Gasteiger partial charge on any atom is 0.413 e. The summed E-state index contributed by atoms with van der Waals surface area (Å²) < 4.78 is 37.6. The van der Waals surface area contributed by atoms with Gasteiger partial charge in [-0.25, -0.2) is 9.78 Å². The number of methoxy groups -OCH3 is 1. The number of hydrogen-bond donors (Lipinski definition) is 1. The van der Waals surface area contributed by atoms with Gasteiger partial charge in [0.25, 0.3) is 10.0 Å². The van der Waals surface area contributed by atoms with Gasteiger partial charge < -0.3 is 9.47 Å². The predicted molar refractivity (Wildman–Crippen MR) is 105 cm³/mol. The highest BCUT2D eigenvalue weighted by atomic mass is 32.2. The van der Waals surface area contributed by atoms with E-state index in [1.807, 2.05) is 0 Å². The molecule has 1 heterocycles. The standard InChI is InChI=1S/C17H14N4O6S2/c1-26-17(23)19-16-18-13-8-7-11(9-14(13)28-16)27-10-15(22)20-21-29(24,25)12-5-3-2-4-6-12/h2-9H,10H2,1H3,(H,18,19,23). The van der Waals surface area contributed by atoms with Gasteiger partial charge in [0.1, 0.15) is 5.75 Å². The maximum absolute atomic E-state index is 12.0. The van der Waals surface area contributed by atoms with E-state index in [2.05, 4.69) is 24.7 Å². The lowest BCUT2D eigenvalue weighted by molar-refractivity contribution is -0.120. The number of aromatic nitrogens is 1. The lowest BCUT2D eigenvalue weighted by Gasteiger charge is -2.02. The second kappa shape index (κ2) is 8.75. The lowest BCUT2D eigenvalue weighted by Crippen LogP contribution is -2.10. The number of amides is 2. The van der Waals surface area contributed by atoms with Crippen LogP contribution in [0.25, 0.3) is 10.2 Å². The Kier molecular flexibility index (Phi) is 6.14. The first-order chi connectivity index (χ1) is 13.9. The average molecular weight is 434 g/mol. The minimum atomic E-state index is -4.05. The third-order valence-electron chi connectivity index (χ3n) is 3.42. The summed E-state index contributed by atoms with van der Waals surface area (Å²) in [4.78, 5) is 27.2. The Morgan fingerprint density at radius 1 is 1.17 bits per heavy atom. The van der Waals surface area contributed by atoms with Crippen LogP contribution in [0.1, 0.15) is 0 Å². The van der Waals surface area contributed by atoms with Gasteiger partial charge in [-0.05, 0) is 30.3 Å². The number of fused-ring (bicyclic) bond motifs is 1. The van der Waals surface area contributed by atoms with Gasteiger partial charge in [0.05, 0.1) is 22.2 Å². The molecule has 0 bridgehead atoms. The first-order valence-corrected chi connectivity index (χ1v) is 10.3. The van der Waals surface area contributed by atoms with Crippen LogP contribution in [0.15, 0.2) is 63.1 Å². The first-order valence-electron chi connectivity index (χ1n) is 8.01. The van der Waals surface area contributed by atoms with Crippen LogP contribution in [-0.2, 0) is 19.6 Å². The molecule has 3 rings (SSSR count). The molecule has 29 heavy (non-hydrogen) atoms. The van der Waals surface area contributed by atoms with Crippen LogP contribution in [0.4, 0.5) is 9.93 Å². The zero-order valence-corrected chi connectivity index (χ0v) is 16.6. The van der Waals surface area contributed by atoms with E-state index in [0.29, 0.717) is 21.1 Å². The molecule has 0 saturated carbocycles. The fourth-order valence-corrected chi connectivity index (χ4v) is 3.77. The predicted octanol–water partition coefficient (Wildman–Crippen LogP) is 3.22. The molecule has 0 aliphatic rings. The molecule has 0 atom stereocenters. The SMILES string of the molecule is COC(=O)Nc1nc2ccc(OCC(=O)N=NS(=O)(=O)c3ccccc3)cc2s1.